The van der Waals surface area contributed by atoms with E-state index >= 15 is 0 Å². The highest BCUT2D eigenvalue weighted by Crippen LogP contribution is 2.27. The first-order valence-electron chi connectivity index (χ1n) is 6.32. The van der Waals surface area contributed by atoms with Gasteiger partial charge in [-0.3, -0.25) is 0 Å². The summed E-state index contributed by atoms with van der Waals surface area (Å²) in [4.78, 5) is 0. The highest BCUT2D eigenvalue weighted by atomic mass is 79.9. The minimum atomic E-state index is -0.593. The Hall–Kier alpha value is -1.39. The van der Waals surface area contributed by atoms with Crippen LogP contribution in [0.25, 0.3) is 0 Å². The number of aryl methyl sites for hydroxylation is 1. The van der Waals surface area contributed by atoms with Crippen LogP contribution in [0.3, 0.4) is 0 Å². The lowest BCUT2D eigenvalue weighted by atomic mass is 10.1. The van der Waals surface area contributed by atoms with Crippen molar-refractivity contribution >= 4 is 15.9 Å². The lowest BCUT2D eigenvalue weighted by Gasteiger charge is -2.14. The predicted molar refractivity (Wildman–Crippen MR) is 80.2 cm³/mol. The van der Waals surface area contributed by atoms with Crippen LogP contribution in [0.1, 0.15) is 29.7 Å². The van der Waals surface area contributed by atoms with Gasteiger partial charge in [0, 0.05) is 5.56 Å². The number of hydrogen-bond donors (Lipinski definition) is 1. The molecule has 0 aliphatic carbocycles. The summed E-state index contributed by atoms with van der Waals surface area (Å²) >= 11 is 3.15. The van der Waals surface area contributed by atoms with Crippen molar-refractivity contribution in [3.63, 3.8) is 0 Å². The average molecular weight is 339 g/mol. The number of ether oxygens (including phenoxy) is 1. The molecular weight excluding hydrogens is 323 g/mol. The standard InChI is InChI=1S/C16H16BrFO2/c1-10-3-6-16(13(7-10)11(2)19)20-9-12-4-5-15(18)14(17)8-12/h3-8,11,19H,9H2,1-2H3. The monoisotopic (exact) mass is 338 g/mol. The molecule has 0 aromatic heterocycles. The van der Waals surface area contributed by atoms with E-state index in [1.807, 2.05) is 25.1 Å². The van der Waals surface area contributed by atoms with Crippen LogP contribution in [0.5, 0.6) is 5.75 Å². The van der Waals surface area contributed by atoms with E-state index in [1.165, 1.54) is 6.07 Å². The molecule has 0 amide bonds. The summed E-state index contributed by atoms with van der Waals surface area (Å²) in [5, 5.41) is 9.77. The Labute approximate surface area is 126 Å². The van der Waals surface area contributed by atoms with Crippen LogP contribution in [-0.4, -0.2) is 5.11 Å². The van der Waals surface area contributed by atoms with Crippen molar-refractivity contribution in [3.05, 3.63) is 63.4 Å². The van der Waals surface area contributed by atoms with Gasteiger partial charge in [0.15, 0.2) is 0 Å². The summed E-state index contributed by atoms with van der Waals surface area (Å²) in [5.74, 6) is 0.347. The zero-order valence-corrected chi connectivity index (χ0v) is 12.9. The second kappa shape index (κ2) is 6.37. The molecule has 0 saturated carbocycles. The van der Waals surface area contributed by atoms with Crippen molar-refractivity contribution in [2.75, 3.05) is 0 Å². The fourth-order valence-electron chi connectivity index (χ4n) is 1.92. The number of aliphatic hydroxyl groups is 1. The van der Waals surface area contributed by atoms with E-state index in [1.54, 1.807) is 19.1 Å². The largest absolute Gasteiger partial charge is 0.489 e. The molecule has 0 saturated heterocycles. The molecule has 1 unspecified atom stereocenters. The van der Waals surface area contributed by atoms with Gasteiger partial charge in [-0.25, -0.2) is 4.39 Å². The van der Waals surface area contributed by atoms with E-state index in [4.69, 9.17) is 4.74 Å². The van der Waals surface area contributed by atoms with E-state index in [9.17, 15) is 9.50 Å². The van der Waals surface area contributed by atoms with Gasteiger partial charge in [-0.2, -0.15) is 0 Å². The summed E-state index contributed by atoms with van der Waals surface area (Å²) < 4.78 is 19.3. The van der Waals surface area contributed by atoms with E-state index in [0.717, 1.165) is 16.7 Å². The smallest absolute Gasteiger partial charge is 0.137 e. The molecule has 1 atom stereocenters. The van der Waals surface area contributed by atoms with Gasteiger partial charge in [-0.15, -0.1) is 0 Å². The predicted octanol–water partition coefficient (Wildman–Crippen LogP) is 4.53. The number of aliphatic hydroxyl groups excluding tert-OH is 1. The van der Waals surface area contributed by atoms with Crippen LogP contribution in [-0.2, 0) is 6.61 Å². The molecule has 4 heteroatoms. The molecule has 2 rings (SSSR count). The Bertz CT molecular complexity index is 611. The Morgan fingerprint density at radius 2 is 2.00 bits per heavy atom. The highest BCUT2D eigenvalue weighted by molar-refractivity contribution is 9.10. The Morgan fingerprint density at radius 3 is 2.65 bits per heavy atom. The lowest BCUT2D eigenvalue weighted by Crippen LogP contribution is -2.01. The van der Waals surface area contributed by atoms with Gasteiger partial charge in [0.2, 0.25) is 0 Å². The van der Waals surface area contributed by atoms with E-state index in [2.05, 4.69) is 15.9 Å². The maximum Gasteiger partial charge on any atom is 0.137 e. The topological polar surface area (TPSA) is 29.5 Å². The molecular formula is C16H16BrFO2. The summed E-state index contributed by atoms with van der Waals surface area (Å²) in [6.07, 6.45) is -0.593. The molecule has 0 aliphatic heterocycles. The van der Waals surface area contributed by atoms with Gasteiger partial charge in [0.1, 0.15) is 18.2 Å². The zero-order chi connectivity index (χ0) is 14.7. The van der Waals surface area contributed by atoms with Gasteiger partial charge in [-0.1, -0.05) is 17.7 Å². The first kappa shape index (κ1) is 15.0. The molecule has 106 valence electrons. The maximum absolute atomic E-state index is 13.2. The number of hydrogen-bond acceptors (Lipinski definition) is 2. The summed E-state index contributed by atoms with van der Waals surface area (Å²) in [5.41, 5.74) is 2.68. The summed E-state index contributed by atoms with van der Waals surface area (Å²) in [7, 11) is 0. The van der Waals surface area contributed by atoms with E-state index in [0.29, 0.717) is 16.8 Å². The molecule has 0 radical (unpaired) electrons. The molecule has 0 fully saturated rings. The second-order valence-corrected chi connectivity index (χ2v) is 5.61. The fourth-order valence-corrected chi connectivity index (χ4v) is 2.34. The van der Waals surface area contributed by atoms with Crippen molar-refractivity contribution in [2.45, 2.75) is 26.6 Å². The van der Waals surface area contributed by atoms with Crippen LogP contribution in [0.2, 0.25) is 0 Å². The molecule has 2 nitrogen and oxygen atoms in total. The third-order valence-corrected chi connectivity index (χ3v) is 3.60. The van der Waals surface area contributed by atoms with Crippen LogP contribution >= 0.6 is 15.9 Å². The molecule has 20 heavy (non-hydrogen) atoms. The fraction of sp³-hybridized carbons (Fsp3) is 0.250. The normalized spacial score (nSPS) is 12.2. The Balaban J connectivity index is 2.16. The summed E-state index contributed by atoms with van der Waals surface area (Å²) in [6.45, 7) is 3.99. The molecule has 0 aliphatic rings. The minimum absolute atomic E-state index is 0.297. The molecule has 2 aromatic rings. The molecule has 0 heterocycles. The first-order chi connectivity index (χ1) is 9.47. The van der Waals surface area contributed by atoms with Crippen LogP contribution < -0.4 is 4.74 Å². The second-order valence-electron chi connectivity index (χ2n) is 4.75. The van der Waals surface area contributed by atoms with E-state index in [-0.39, 0.29) is 5.82 Å². The molecule has 2 aromatic carbocycles. The molecule has 0 bridgehead atoms. The lowest BCUT2D eigenvalue weighted by molar-refractivity contribution is 0.190. The van der Waals surface area contributed by atoms with Gasteiger partial charge in [0.05, 0.1) is 10.6 Å². The SMILES string of the molecule is Cc1ccc(OCc2ccc(F)c(Br)c2)c(C(C)O)c1. The van der Waals surface area contributed by atoms with Crippen molar-refractivity contribution in [1.29, 1.82) is 0 Å². The number of rotatable bonds is 4. The highest BCUT2D eigenvalue weighted by Gasteiger charge is 2.10. The van der Waals surface area contributed by atoms with E-state index < -0.39 is 6.10 Å². The van der Waals surface area contributed by atoms with Crippen LogP contribution in [0.15, 0.2) is 40.9 Å². The van der Waals surface area contributed by atoms with Gasteiger partial charge in [0.25, 0.3) is 0 Å². The third-order valence-electron chi connectivity index (χ3n) is 2.99. The third kappa shape index (κ3) is 3.58. The molecule has 0 spiro atoms. The average Bonchev–Trinajstić information content (AvgIpc) is 2.41. The number of halogens is 2. The Morgan fingerprint density at radius 1 is 1.25 bits per heavy atom. The van der Waals surface area contributed by atoms with Crippen LogP contribution in [0.4, 0.5) is 4.39 Å². The van der Waals surface area contributed by atoms with Crippen molar-refractivity contribution in [3.8, 4) is 5.75 Å². The number of benzene rings is 2. The Kier molecular flexibility index (Phi) is 4.78. The van der Waals surface area contributed by atoms with Crippen molar-refractivity contribution in [1.82, 2.24) is 0 Å². The summed E-state index contributed by atoms with van der Waals surface area (Å²) in [6, 6.07) is 10.4. The van der Waals surface area contributed by atoms with Crippen molar-refractivity contribution in [2.24, 2.45) is 0 Å². The van der Waals surface area contributed by atoms with Gasteiger partial charge >= 0.3 is 0 Å². The van der Waals surface area contributed by atoms with Crippen LogP contribution in [0, 0.1) is 12.7 Å². The van der Waals surface area contributed by atoms with Gasteiger partial charge in [-0.05, 0) is 59.6 Å². The van der Waals surface area contributed by atoms with Gasteiger partial charge < -0.3 is 9.84 Å². The maximum atomic E-state index is 13.2. The van der Waals surface area contributed by atoms with Crippen molar-refractivity contribution < 1.29 is 14.2 Å². The first-order valence-corrected chi connectivity index (χ1v) is 7.12. The zero-order valence-electron chi connectivity index (χ0n) is 11.4. The minimum Gasteiger partial charge on any atom is -0.489 e. The quantitative estimate of drug-likeness (QED) is 0.887. The molecule has 1 N–H and O–H groups in total.